The van der Waals surface area contributed by atoms with Crippen LogP contribution in [0.1, 0.15) is 13.3 Å². The average Bonchev–Trinajstić information content (AvgIpc) is 2.65. The first-order chi connectivity index (χ1) is 8.02. The lowest BCUT2D eigenvalue weighted by atomic mass is 10.1. The van der Waals surface area contributed by atoms with Crippen molar-refractivity contribution in [3.63, 3.8) is 0 Å². The van der Waals surface area contributed by atoms with Crippen LogP contribution >= 0.6 is 0 Å². The van der Waals surface area contributed by atoms with Crippen LogP contribution in [0.5, 0.6) is 0 Å². The maximum Gasteiger partial charge on any atom is 0.227 e. The number of hydrogen-bond acceptors (Lipinski definition) is 6. The van der Waals surface area contributed by atoms with Crippen LogP contribution in [-0.4, -0.2) is 64.1 Å². The summed E-state index contributed by atoms with van der Waals surface area (Å²) in [5.74, 6) is -0.446. The monoisotopic (exact) mass is 246 g/mol. The number of ether oxygens (including phenoxy) is 1. The van der Waals surface area contributed by atoms with Crippen LogP contribution in [-0.2, 0) is 9.53 Å². The number of amides is 1. The van der Waals surface area contributed by atoms with Crippen LogP contribution in [0.3, 0.4) is 0 Å². The summed E-state index contributed by atoms with van der Waals surface area (Å²) >= 11 is 0. The van der Waals surface area contributed by atoms with Gasteiger partial charge in [-0.2, -0.15) is 0 Å². The Morgan fingerprint density at radius 2 is 2.24 bits per heavy atom. The molecule has 2 aliphatic heterocycles. The van der Waals surface area contributed by atoms with E-state index >= 15 is 0 Å². The molecule has 17 heavy (non-hydrogen) atoms. The Kier molecular flexibility index (Phi) is 3.64. The number of aliphatic hydroxyl groups excluding tert-OH is 3. The molecule has 3 unspecified atom stereocenters. The summed E-state index contributed by atoms with van der Waals surface area (Å²) in [5, 5.41) is 30.7. The molecule has 1 amide bonds. The zero-order valence-electron chi connectivity index (χ0n) is 9.61. The summed E-state index contributed by atoms with van der Waals surface area (Å²) in [7, 11) is 0. The minimum Gasteiger partial charge on any atom is -0.394 e. The van der Waals surface area contributed by atoms with Gasteiger partial charge in [-0.25, -0.2) is 4.90 Å². The second-order valence-electron chi connectivity index (χ2n) is 4.59. The largest absolute Gasteiger partial charge is 0.394 e. The van der Waals surface area contributed by atoms with E-state index in [1.807, 2.05) is 0 Å². The number of carbonyl (C=O) groups excluding carboxylic acids is 1. The first kappa shape index (κ1) is 12.7. The standard InChI is InChI=1S/C10H18N2O5/c1-5-3-12(10(16)11-9(5)15)8-2-6(14)7(4-13)17-8/h5-8,10,13-14,16H,2-4H2,1H3,(H,11,15)/t5?,6?,7-,8-,10?/m1/s1. The summed E-state index contributed by atoms with van der Waals surface area (Å²) in [4.78, 5) is 12.9. The Bertz CT molecular complexity index is 300. The highest BCUT2D eigenvalue weighted by Gasteiger charge is 2.42. The quantitative estimate of drug-likeness (QED) is 0.441. The minimum absolute atomic E-state index is 0.203. The van der Waals surface area contributed by atoms with Crippen LogP contribution in [0.15, 0.2) is 0 Å². The Morgan fingerprint density at radius 3 is 2.82 bits per heavy atom. The van der Waals surface area contributed by atoms with Gasteiger partial charge in [0.1, 0.15) is 12.3 Å². The molecule has 0 aromatic heterocycles. The third-order valence-electron chi connectivity index (χ3n) is 3.27. The van der Waals surface area contributed by atoms with E-state index in [1.165, 1.54) is 0 Å². The fourth-order valence-electron chi connectivity index (χ4n) is 2.21. The van der Waals surface area contributed by atoms with Crippen molar-refractivity contribution < 1.29 is 24.9 Å². The molecular formula is C10H18N2O5. The van der Waals surface area contributed by atoms with E-state index in [9.17, 15) is 15.0 Å². The summed E-state index contributed by atoms with van der Waals surface area (Å²) in [6.45, 7) is 1.86. The molecule has 5 atom stereocenters. The molecule has 2 fully saturated rings. The molecule has 0 aromatic rings. The van der Waals surface area contributed by atoms with Gasteiger partial charge in [-0.1, -0.05) is 6.92 Å². The highest BCUT2D eigenvalue weighted by molar-refractivity contribution is 5.79. The molecule has 0 aliphatic carbocycles. The van der Waals surface area contributed by atoms with E-state index in [0.29, 0.717) is 13.0 Å². The molecule has 0 radical (unpaired) electrons. The van der Waals surface area contributed by atoms with Crippen LogP contribution in [0, 0.1) is 5.92 Å². The highest BCUT2D eigenvalue weighted by atomic mass is 16.5. The van der Waals surface area contributed by atoms with Gasteiger partial charge >= 0.3 is 0 Å². The van der Waals surface area contributed by atoms with Gasteiger partial charge in [-0.05, 0) is 0 Å². The number of nitrogens with zero attached hydrogens (tertiary/aromatic N) is 1. The van der Waals surface area contributed by atoms with E-state index in [2.05, 4.69) is 5.32 Å². The number of aliphatic hydroxyl groups is 3. The minimum atomic E-state index is -1.10. The number of carbonyl (C=O) groups is 1. The third-order valence-corrected chi connectivity index (χ3v) is 3.27. The van der Waals surface area contributed by atoms with E-state index in [4.69, 9.17) is 9.84 Å². The van der Waals surface area contributed by atoms with Crippen LogP contribution < -0.4 is 5.32 Å². The molecule has 0 aromatic carbocycles. The van der Waals surface area contributed by atoms with Gasteiger partial charge in [-0.15, -0.1) is 0 Å². The highest BCUT2D eigenvalue weighted by Crippen LogP contribution is 2.26. The van der Waals surface area contributed by atoms with Crippen molar-refractivity contribution in [1.29, 1.82) is 0 Å². The summed E-state index contributed by atoms with van der Waals surface area (Å²) in [6.07, 6.45) is -2.65. The lowest BCUT2D eigenvalue weighted by Crippen LogP contribution is -2.60. The molecule has 0 bridgehead atoms. The van der Waals surface area contributed by atoms with Crippen molar-refractivity contribution in [3.05, 3.63) is 0 Å². The number of nitrogens with one attached hydrogen (secondary N) is 1. The third kappa shape index (κ3) is 2.43. The molecule has 2 rings (SSSR count). The fraction of sp³-hybridized carbons (Fsp3) is 0.900. The maximum atomic E-state index is 11.3. The van der Waals surface area contributed by atoms with Gasteiger partial charge in [0.25, 0.3) is 0 Å². The zero-order valence-corrected chi connectivity index (χ0v) is 9.61. The Morgan fingerprint density at radius 1 is 1.53 bits per heavy atom. The molecule has 2 saturated heterocycles. The number of hydrogen-bond donors (Lipinski definition) is 4. The zero-order chi connectivity index (χ0) is 12.6. The predicted molar refractivity (Wildman–Crippen MR) is 56.4 cm³/mol. The van der Waals surface area contributed by atoms with E-state index in [1.54, 1.807) is 11.8 Å². The first-order valence-electron chi connectivity index (χ1n) is 5.71. The molecule has 4 N–H and O–H groups in total. The van der Waals surface area contributed by atoms with Crippen molar-refractivity contribution in [2.24, 2.45) is 5.92 Å². The van der Waals surface area contributed by atoms with Gasteiger partial charge in [-0.3, -0.25) is 4.79 Å². The van der Waals surface area contributed by atoms with Gasteiger partial charge in [0.05, 0.1) is 12.7 Å². The van der Waals surface area contributed by atoms with Gasteiger partial charge in [0, 0.05) is 18.9 Å². The molecule has 2 aliphatic rings. The van der Waals surface area contributed by atoms with Crippen molar-refractivity contribution >= 4 is 5.91 Å². The molecule has 0 spiro atoms. The topological polar surface area (TPSA) is 102 Å². The predicted octanol–water partition coefficient (Wildman–Crippen LogP) is -2.20. The SMILES string of the molecule is CC1CN([C@H]2CC(O)[C@@H](CO)O2)C(O)NC1=O. The van der Waals surface area contributed by atoms with Crippen LogP contribution in [0.25, 0.3) is 0 Å². The summed E-state index contributed by atoms with van der Waals surface area (Å²) < 4.78 is 5.43. The van der Waals surface area contributed by atoms with E-state index in [-0.39, 0.29) is 18.4 Å². The van der Waals surface area contributed by atoms with E-state index in [0.717, 1.165) is 0 Å². The fourth-order valence-corrected chi connectivity index (χ4v) is 2.21. The van der Waals surface area contributed by atoms with Crippen molar-refractivity contribution in [1.82, 2.24) is 10.2 Å². The normalized spacial score (nSPS) is 43.8. The molecule has 7 nitrogen and oxygen atoms in total. The molecule has 0 saturated carbocycles. The maximum absolute atomic E-state index is 11.3. The first-order valence-corrected chi connectivity index (χ1v) is 5.71. The summed E-state index contributed by atoms with van der Waals surface area (Å²) in [5.41, 5.74) is 0. The Balaban J connectivity index is 2.01. The average molecular weight is 246 g/mol. The molecule has 7 heteroatoms. The van der Waals surface area contributed by atoms with Crippen molar-refractivity contribution in [2.75, 3.05) is 13.2 Å². The number of rotatable bonds is 2. The molecule has 2 heterocycles. The van der Waals surface area contributed by atoms with Gasteiger partial charge in [0.15, 0.2) is 6.35 Å². The van der Waals surface area contributed by atoms with E-state index < -0.39 is 24.8 Å². The molecular weight excluding hydrogens is 228 g/mol. The Hall–Kier alpha value is -0.730. The van der Waals surface area contributed by atoms with Crippen LogP contribution in [0.2, 0.25) is 0 Å². The second kappa shape index (κ2) is 4.87. The van der Waals surface area contributed by atoms with Gasteiger partial charge < -0.3 is 25.4 Å². The lowest BCUT2D eigenvalue weighted by molar-refractivity contribution is -0.173. The van der Waals surface area contributed by atoms with Crippen molar-refractivity contribution in [2.45, 2.75) is 38.1 Å². The second-order valence-corrected chi connectivity index (χ2v) is 4.59. The smallest absolute Gasteiger partial charge is 0.227 e. The Labute approximate surface area is 99.0 Å². The van der Waals surface area contributed by atoms with Crippen molar-refractivity contribution in [3.8, 4) is 0 Å². The van der Waals surface area contributed by atoms with Crippen LogP contribution in [0.4, 0.5) is 0 Å². The van der Waals surface area contributed by atoms with Gasteiger partial charge in [0.2, 0.25) is 5.91 Å². The molecule has 98 valence electrons. The lowest BCUT2D eigenvalue weighted by Gasteiger charge is -2.38. The summed E-state index contributed by atoms with van der Waals surface area (Å²) in [6, 6.07) is 0.